The Balaban J connectivity index is 1.51. The van der Waals surface area contributed by atoms with Crippen molar-refractivity contribution in [3.63, 3.8) is 0 Å². The van der Waals surface area contributed by atoms with Crippen LogP contribution in [0.3, 0.4) is 0 Å². The maximum Gasteiger partial charge on any atom is 0.243 e. The van der Waals surface area contributed by atoms with Crippen LogP contribution in [-0.2, 0) is 13.1 Å². The van der Waals surface area contributed by atoms with Crippen LogP contribution in [0.2, 0.25) is 0 Å². The Kier molecular flexibility index (Phi) is 4.83. The van der Waals surface area contributed by atoms with Gasteiger partial charge >= 0.3 is 0 Å². The zero-order valence-corrected chi connectivity index (χ0v) is 15.2. The summed E-state index contributed by atoms with van der Waals surface area (Å²) in [6.07, 6.45) is 3.61. The molecule has 0 radical (unpaired) electrons. The molecule has 0 atom stereocenters. The van der Waals surface area contributed by atoms with E-state index in [1.54, 1.807) is 16.8 Å². The first kappa shape index (κ1) is 17.5. The predicted molar refractivity (Wildman–Crippen MR) is 106 cm³/mol. The van der Waals surface area contributed by atoms with E-state index in [0.29, 0.717) is 24.7 Å². The predicted octanol–water partition coefficient (Wildman–Crippen LogP) is 2.71. The molecule has 0 amide bonds. The summed E-state index contributed by atoms with van der Waals surface area (Å²) in [5.74, 6) is 0.858. The first-order valence-corrected chi connectivity index (χ1v) is 8.72. The van der Waals surface area contributed by atoms with E-state index >= 15 is 0 Å². The van der Waals surface area contributed by atoms with Gasteiger partial charge < -0.3 is 0 Å². The molecule has 2 heterocycles. The zero-order chi connectivity index (χ0) is 19.3. The number of tetrazole rings is 2. The lowest BCUT2D eigenvalue weighted by Crippen LogP contribution is -2.06. The molecular weight excluding hydrogens is 352 g/mol. The maximum atomic E-state index is 4.42. The second-order valence-electron chi connectivity index (χ2n) is 6.20. The van der Waals surface area contributed by atoms with Crippen LogP contribution in [0.4, 0.5) is 0 Å². The number of rotatable bonds is 7. The van der Waals surface area contributed by atoms with E-state index in [0.717, 1.165) is 22.3 Å². The highest BCUT2D eigenvalue weighted by Gasteiger charge is 2.15. The Morgan fingerprint density at radius 1 is 0.750 bits per heavy atom. The highest BCUT2D eigenvalue weighted by Crippen LogP contribution is 2.13. The Morgan fingerprint density at radius 3 is 1.96 bits per heavy atom. The molecule has 0 bridgehead atoms. The smallest absolute Gasteiger partial charge is 0.218 e. The van der Waals surface area contributed by atoms with E-state index in [1.165, 1.54) is 4.80 Å². The summed E-state index contributed by atoms with van der Waals surface area (Å²) in [7, 11) is 0. The van der Waals surface area contributed by atoms with Gasteiger partial charge in [0.2, 0.25) is 11.6 Å². The fourth-order valence-corrected chi connectivity index (χ4v) is 2.73. The molecule has 8 nitrogen and oxygen atoms in total. The van der Waals surface area contributed by atoms with E-state index in [2.05, 4.69) is 44.1 Å². The van der Waals surface area contributed by atoms with Gasteiger partial charge in [-0.3, -0.25) is 0 Å². The lowest BCUT2D eigenvalue weighted by molar-refractivity contribution is 0.572. The molecule has 0 N–H and O–H groups in total. The molecule has 138 valence electrons. The number of hydrogen-bond donors (Lipinski definition) is 0. The second-order valence-corrected chi connectivity index (χ2v) is 6.20. The van der Waals surface area contributed by atoms with Crippen LogP contribution in [0.25, 0.3) is 23.8 Å². The van der Waals surface area contributed by atoms with E-state index in [1.807, 2.05) is 48.5 Å². The Hall–Kier alpha value is -3.94. The van der Waals surface area contributed by atoms with Gasteiger partial charge in [0.25, 0.3) is 0 Å². The van der Waals surface area contributed by atoms with Gasteiger partial charge in [-0.05, 0) is 37.9 Å². The largest absolute Gasteiger partial charge is 0.243 e. The highest BCUT2D eigenvalue weighted by atomic mass is 15.6. The molecule has 2 aromatic carbocycles. The Bertz CT molecular complexity index is 1090. The molecular formula is C20H18N8. The molecule has 0 aliphatic heterocycles. The van der Waals surface area contributed by atoms with Crippen LogP contribution in [-0.4, -0.2) is 40.4 Å². The average molecular weight is 370 g/mol. The minimum Gasteiger partial charge on any atom is -0.218 e. The molecule has 2 aromatic heterocycles. The second kappa shape index (κ2) is 7.75. The van der Waals surface area contributed by atoms with Crippen LogP contribution < -0.4 is 0 Å². The summed E-state index contributed by atoms with van der Waals surface area (Å²) in [4.78, 5) is 1.52. The molecule has 8 heteroatoms. The Morgan fingerprint density at radius 2 is 1.36 bits per heavy atom. The highest BCUT2D eigenvalue weighted by molar-refractivity contribution is 5.48. The van der Waals surface area contributed by atoms with Gasteiger partial charge in [-0.15, -0.1) is 15.3 Å². The standard InChI is InChI=1S/C20H18N8/c1-3-15-5-9-17(10-6-15)13-27-20(22-24-26-27)19-21-25-28(23-19)14-18-11-7-16(4-2)8-12-18/h3-12H,1-2,13-14H2. The Labute approximate surface area is 161 Å². The van der Waals surface area contributed by atoms with Crippen molar-refractivity contribution < 1.29 is 0 Å². The van der Waals surface area contributed by atoms with Crippen molar-refractivity contribution in [1.29, 1.82) is 0 Å². The number of nitrogens with zero attached hydrogens (tertiary/aromatic N) is 8. The van der Waals surface area contributed by atoms with Gasteiger partial charge in [-0.1, -0.05) is 73.8 Å². The van der Waals surface area contributed by atoms with Crippen LogP contribution in [0.5, 0.6) is 0 Å². The lowest BCUT2D eigenvalue weighted by Gasteiger charge is -2.03. The monoisotopic (exact) mass is 370 g/mol. The first-order valence-electron chi connectivity index (χ1n) is 8.72. The van der Waals surface area contributed by atoms with Crippen molar-refractivity contribution in [1.82, 2.24) is 40.4 Å². The van der Waals surface area contributed by atoms with Crippen molar-refractivity contribution in [3.8, 4) is 11.6 Å². The van der Waals surface area contributed by atoms with Gasteiger partial charge in [0, 0.05) is 0 Å². The maximum absolute atomic E-state index is 4.42. The molecule has 0 saturated heterocycles. The minimum absolute atomic E-state index is 0.385. The zero-order valence-electron chi connectivity index (χ0n) is 15.2. The molecule has 0 unspecified atom stereocenters. The van der Waals surface area contributed by atoms with Gasteiger partial charge in [-0.25, -0.2) is 4.68 Å². The van der Waals surface area contributed by atoms with Crippen molar-refractivity contribution in [2.24, 2.45) is 0 Å². The number of hydrogen-bond acceptors (Lipinski definition) is 6. The number of aromatic nitrogens is 8. The lowest BCUT2D eigenvalue weighted by atomic mass is 10.1. The minimum atomic E-state index is 0.385. The first-order chi connectivity index (χ1) is 13.7. The number of benzene rings is 2. The molecule has 0 aliphatic carbocycles. The van der Waals surface area contributed by atoms with Crippen molar-refractivity contribution in [2.45, 2.75) is 13.1 Å². The molecule has 4 aromatic rings. The van der Waals surface area contributed by atoms with Crippen LogP contribution >= 0.6 is 0 Å². The SMILES string of the molecule is C=Cc1ccc(Cn2nnc(-c3nnnn3Cc3ccc(C=C)cc3)n2)cc1. The molecule has 0 saturated carbocycles. The fraction of sp³-hybridized carbons (Fsp3) is 0.100. The van der Waals surface area contributed by atoms with Gasteiger partial charge in [-0.2, -0.15) is 4.80 Å². The van der Waals surface area contributed by atoms with Crippen molar-refractivity contribution in [2.75, 3.05) is 0 Å². The van der Waals surface area contributed by atoms with Gasteiger partial charge in [0.1, 0.15) is 0 Å². The summed E-state index contributed by atoms with van der Waals surface area (Å²) in [5.41, 5.74) is 4.26. The normalized spacial score (nSPS) is 10.7. The van der Waals surface area contributed by atoms with E-state index in [9.17, 15) is 0 Å². The molecule has 0 aliphatic rings. The van der Waals surface area contributed by atoms with E-state index in [-0.39, 0.29) is 0 Å². The van der Waals surface area contributed by atoms with E-state index in [4.69, 9.17) is 0 Å². The third kappa shape index (κ3) is 3.75. The van der Waals surface area contributed by atoms with Crippen LogP contribution in [0, 0.1) is 0 Å². The molecule has 4 rings (SSSR count). The quantitative estimate of drug-likeness (QED) is 0.497. The fourth-order valence-electron chi connectivity index (χ4n) is 2.73. The van der Waals surface area contributed by atoms with Gasteiger partial charge in [0.05, 0.1) is 13.1 Å². The summed E-state index contributed by atoms with van der Waals surface area (Å²) in [5, 5.41) is 24.5. The topological polar surface area (TPSA) is 87.2 Å². The third-order valence-electron chi connectivity index (χ3n) is 4.27. The van der Waals surface area contributed by atoms with Crippen molar-refractivity contribution in [3.05, 3.63) is 83.9 Å². The average Bonchev–Trinajstić information content (AvgIpc) is 3.38. The summed E-state index contributed by atoms with van der Waals surface area (Å²) in [6, 6.07) is 16.0. The van der Waals surface area contributed by atoms with Crippen molar-refractivity contribution >= 4 is 12.2 Å². The molecule has 28 heavy (non-hydrogen) atoms. The van der Waals surface area contributed by atoms with Crippen LogP contribution in [0.1, 0.15) is 22.3 Å². The third-order valence-corrected chi connectivity index (χ3v) is 4.27. The van der Waals surface area contributed by atoms with Gasteiger partial charge in [0.15, 0.2) is 0 Å². The van der Waals surface area contributed by atoms with E-state index < -0.39 is 0 Å². The molecule has 0 spiro atoms. The summed E-state index contributed by atoms with van der Waals surface area (Å²) in [6.45, 7) is 8.54. The summed E-state index contributed by atoms with van der Waals surface area (Å²) >= 11 is 0. The summed E-state index contributed by atoms with van der Waals surface area (Å²) < 4.78 is 1.66. The molecule has 0 fully saturated rings. The van der Waals surface area contributed by atoms with Crippen LogP contribution in [0.15, 0.2) is 61.7 Å².